The second-order valence-electron chi connectivity index (χ2n) is 3.46. The van der Waals surface area contributed by atoms with Gasteiger partial charge >= 0.3 is 0 Å². The minimum atomic E-state index is 0.628. The highest BCUT2D eigenvalue weighted by Gasteiger charge is 2.16. The maximum absolute atomic E-state index is 5.81. The second kappa shape index (κ2) is 3.06. The van der Waals surface area contributed by atoms with Crippen LogP contribution in [-0.4, -0.2) is 4.98 Å². The fourth-order valence-electron chi connectivity index (χ4n) is 1.87. The van der Waals surface area contributed by atoms with Crippen molar-refractivity contribution in [2.75, 3.05) is 0 Å². The number of aromatic nitrogens is 1. The van der Waals surface area contributed by atoms with E-state index in [2.05, 4.69) is 18.0 Å². The topological polar surface area (TPSA) is 12.9 Å². The van der Waals surface area contributed by atoms with Gasteiger partial charge in [-0.15, -0.1) is 0 Å². The molecule has 0 unspecified atom stereocenters. The summed E-state index contributed by atoms with van der Waals surface area (Å²) in [5, 5.41) is 0.628. The molecular weight excluding hydrogens is 170 g/mol. The quantitative estimate of drug-likeness (QED) is 0.561. The summed E-state index contributed by atoms with van der Waals surface area (Å²) in [6.45, 7) is 2.26. The molecule has 1 atom stereocenters. The Morgan fingerprint density at radius 3 is 3.17 bits per heavy atom. The Kier molecular flexibility index (Phi) is 2.05. The van der Waals surface area contributed by atoms with Gasteiger partial charge in [0.05, 0.1) is 0 Å². The van der Waals surface area contributed by atoms with Crippen molar-refractivity contribution in [3.05, 3.63) is 28.5 Å². The first kappa shape index (κ1) is 8.06. The van der Waals surface area contributed by atoms with Crippen LogP contribution < -0.4 is 0 Å². The van der Waals surface area contributed by atoms with Gasteiger partial charge in [0, 0.05) is 5.69 Å². The van der Waals surface area contributed by atoms with Crippen LogP contribution in [0.1, 0.15) is 36.9 Å². The molecule has 0 amide bonds. The summed E-state index contributed by atoms with van der Waals surface area (Å²) < 4.78 is 0. The van der Waals surface area contributed by atoms with Crippen molar-refractivity contribution in [2.45, 2.75) is 32.1 Å². The van der Waals surface area contributed by atoms with E-state index in [0.717, 1.165) is 6.42 Å². The van der Waals surface area contributed by atoms with Crippen molar-refractivity contribution in [3.8, 4) is 0 Å². The van der Waals surface area contributed by atoms with Crippen LogP contribution in [0.5, 0.6) is 0 Å². The highest BCUT2D eigenvalue weighted by Crippen LogP contribution is 2.30. The molecule has 64 valence electrons. The zero-order chi connectivity index (χ0) is 8.55. The van der Waals surface area contributed by atoms with Crippen LogP contribution in [0.3, 0.4) is 0 Å². The van der Waals surface area contributed by atoms with E-state index in [9.17, 15) is 0 Å². The van der Waals surface area contributed by atoms with E-state index in [1.807, 2.05) is 6.07 Å². The average Bonchev–Trinajstić information content (AvgIpc) is 2.04. The minimum Gasteiger partial charge on any atom is -0.241 e. The second-order valence-corrected chi connectivity index (χ2v) is 3.85. The maximum atomic E-state index is 5.81. The molecule has 1 aromatic rings. The molecule has 2 heteroatoms. The van der Waals surface area contributed by atoms with Crippen LogP contribution in [0.15, 0.2) is 12.1 Å². The third kappa shape index (κ3) is 1.34. The molecule has 0 fully saturated rings. The molecule has 1 heterocycles. The van der Waals surface area contributed by atoms with Crippen molar-refractivity contribution >= 4 is 11.6 Å². The Morgan fingerprint density at radius 2 is 2.33 bits per heavy atom. The van der Waals surface area contributed by atoms with Crippen molar-refractivity contribution in [1.29, 1.82) is 0 Å². The molecule has 12 heavy (non-hydrogen) atoms. The normalized spacial score (nSPS) is 22.0. The van der Waals surface area contributed by atoms with Crippen LogP contribution in [-0.2, 0) is 6.42 Å². The van der Waals surface area contributed by atoms with Crippen LogP contribution in [0.2, 0.25) is 5.15 Å². The first-order valence-corrected chi connectivity index (χ1v) is 4.80. The average molecular weight is 182 g/mol. The lowest BCUT2D eigenvalue weighted by Gasteiger charge is -2.20. The molecule has 1 aromatic heterocycles. The monoisotopic (exact) mass is 181 g/mol. The molecule has 2 rings (SSSR count). The van der Waals surface area contributed by atoms with E-state index in [-0.39, 0.29) is 0 Å². The lowest BCUT2D eigenvalue weighted by atomic mass is 9.87. The number of hydrogen-bond acceptors (Lipinski definition) is 1. The van der Waals surface area contributed by atoms with Crippen molar-refractivity contribution in [1.82, 2.24) is 4.98 Å². The van der Waals surface area contributed by atoms with E-state index >= 15 is 0 Å². The van der Waals surface area contributed by atoms with Gasteiger partial charge < -0.3 is 0 Å². The maximum Gasteiger partial charge on any atom is 0.129 e. The Hall–Kier alpha value is -0.560. The molecule has 0 saturated heterocycles. The van der Waals surface area contributed by atoms with Gasteiger partial charge in [-0.2, -0.15) is 0 Å². The molecule has 0 aromatic carbocycles. The summed E-state index contributed by atoms with van der Waals surface area (Å²) in [4.78, 5) is 4.33. The van der Waals surface area contributed by atoms with Gasteiger partial charge in [0.1, 0.15) is 5.15 Å². The van der Waals surface area contributed by atoms with Gasteiger partial charge in [-0.05, 0) is 36.8 Å². The molecule has 1 nitrogen and oxygen atoms in total. The summed E-state index contributed by atoms with van der Waals surface area (Å²) in [6.07, 6.45) is 3.64. The van der Waals surface area contributed by atoms with Gasteiger partial charge in [-0.3, -0.25) is 0 Å². The summed E-state index contributed by atoms with van der Waals surface area (Å²) in [5.74, 6) is 0.665. The molecule has 0 N–H and O–H groups in total. The lowest BCUT2D eigenvalue weighted by Crippen LogP contribution is -2.08. The van der Waals surface area contributed by atoms with Gasteiger partial charge in [0.25, 0.3) is 0 Å². The fraction of sp³-hybridized carbons (Fsp3) is 0.500. The van der Waals surface area contributed by atoms with Gasteiger partial charge in [-0.25, -0.2) is 4.98 Å². The predicted octanol–water partition coefficient (Wildman–Crippen LogP) is 3.17. The largest absolute Gasteiger partial charge is 0.241 e. The van der Waals surface area contributed by atoms with Crippen molar-refractivity contribution in [3.63, 3.8) is 0 Å². The highest BCUT2D eigenvalue weighted by molar-refractivity contribution is 6.29. The molecule has 1 aliphatic carbocycles. The summed E-state index contributed by atoms with van der Waals surface area (Å²) in [5.41, 5.74) is 2.60. The number of fused-ring (bicyclic) bond motifs is 1. The molecule has 1 aliphatic rings. The van der Waals surface area contributed by atoms with Crippen LogP contribution in [0, 0.1) is 0 Å². The number of hydrogen-bond donors (Lipinski definition) is 0. The number of aryl methyl sites for hydroxylation is 1. The Bertz CT molecular complexity index is 296. The number of pyridine rings is 1. The Morgan fingerprint density at radius 1 is 1.50 bits per heavy atom. The van der Waals surface area contributed by atoms with Crippen LogP contribution >= 0.6 is 11.6 Å². The predicted molar refractivity (Wildman–Crippen MR) is 50.6 cm³/mol. The molecule has 0 radical (unpaired) electrons. The third-order valence-electron chi connectivity index (χ3n) is 2.56. The summed E-state index contributed by atoms with van der Waals surface area (Å²) >= 11 is 5.81. The minimum absolute atomic E-state index is 0.628. The summed E-state index contributed by atoms with van der Waals surface area (Å²) in [7, 11) is 0. The Labute approximate surface area is 77.8 Å². The molecule has 0 bridgehead atoms. The lowest BCUT2D eigenvalue weighted by molar-refractivity contribution is 0.579. The number of halogens is 1. The fourth-order valence-corrected chi connectivity index (χ4v) is 2.03. The van der Waals surface area contributed by atoms with E-state index in [4.69, 9.17) is 11.6 Å². The molecular formula is C10H12ClN. The summed E-state index contributed by atoms with van der Waals surface area (Å²) in [6, 6.07) is 4.01. The molecule has 0 aliphatic heterocycles. The van der Waals surface area contributed by atoms with Gasteiger partial charge in [0.15, 0.2) is 0 Å². The Balaban J connectivity index is 2.46. The van der Waals surface area contributed by atoms with E-state index in [0.29, 0.717) is 11.1 Å². The third-order valence-corrected chi connectivity index (χ3v) is 2.77. The first-order chi connectivity index (χ1) is 5.77. The SMILES string of the molecule is C[C@H]1CCCc2nc(Cl)ccc21. The van der Waals surface area contributed by atoms with Crippen molar-refractivity contribution in [2.24, 2.45) is 0 Å². The number of nitrogens with zero attached hydrogens (tertiary/aromatic N) is 1. The number of rotatable bonds is 0. The van der Waals surface area contributed by atoms with E-state index < -0.39 is 0 Å². The molecule has 0 spiro atoms. The zero-order valence-corrected chi connectivity index (χ0v) is 7.93. The zero-order valence-electron chi connectivity index (χ0n) is 7.18. The van der Waals surface area contributed by atoms with Gasteiger partial charge in [-0.1, -0.05) is 24.6 Å². The van der Waals surface area contributed by atoms with E-state index in [1.54, 1.807) is 0 Å². The smallest absolute Gasteiger partial charge is 0.129 e. The van der Waals surface area contributed by atoms with Crippen LogP contribution in [0.25, 0.3) is 0 Å². The first-order valence-electron chi connectivity index (χ1n) is 4.42. The van der Waals surface area contributed by atoms with Gasteiger partial charge in [0.2, 0.25) is 0 Å². The van der Waals surface area contributed by atoms with Crippen LogP contribution in [0.4, 0.5) is 0 Å². The standard InChI is InChI=1S/C10H12ClN/c1-7-3-2-4-9-8(7)5-6-10(11)12-9/h5-7H,2-4H2,1H3/t7-/m0/s1. The molecule has 0 saturated carbocycles. The van der Waals surface area contributed by atoms with E-state index in [1.165, 1.54) is 24.1 Å². The van der Waals surface area contributed by atoms with Crippen molar-refractivity contribution < 1.29 is 0 Å². The highest BCUT2D eigenvalue weighted by atomic mass is 35.5.